The van der Waals surface area contributed by atoms with Crippen molar-refractivity contribution in [1.29, 1.82) is 0 Å². The molecule has 0 atom stereocenters. The van der Waals surface area contributed by atoms with E-state index in [1.165, 1.54) is 4.68 Å². The zero-order chi connectivity index (χ0) is 23.6. The Morgan fingerprint density at radius 2 is 1.88 bits per heavy atom. The van der Waals surface area contributed by atoms with E-state index < -0.39 is 25.2 Å². The second kappa shape index (κ2) is 7.46. The number of aryl methyl sites for hydroxylation is 1. The highest BCUT2D eigenvalue weighted by Gasteiger charge is 2.65. The summed E-state index contributed by atoms with van der Waals surface area (Å²) in [6.45, 7) is 2.33. The molecular formula is C22H25ClN4O5S. The molecule has 9 nitrogen and oxygen atoms in total. The van der Waals surface area contributed by atoms with Crippen LogP contribution in [0.4, 0.5) is 0 Å². The summed E-state index contributed by atoms with van der Waals surface area (Å²) in [6.07, 6.45) is 2.96. The third-order valence-corrected chi connectivity index (χ3v) is 10.7. The molecule has 0 radical (unpaired) electrons. The molecule has 0 bridgehead atoms. The number of amides is 2. The maximum absolute atomic E-state index is 13.3. The van der Waals surface area contributed by atoms with Gasteiger partial charge >= 0.3 is 5.91 Å². The fraction of sp³-hybridized carbons (Fsp3) is 0.500. The van der Waals surface area contributed by atoms with Gasteiger partial charge in [0.15, 0.2) is 21.3 Å². The van der Waals surface area contributed by atoms with Crippen LogP contribution >= 0.6 is 11.6 Å². The molecule has 2 aliphatic carbocycles. The van der Waals surface area contributed by atoms with E-state index in [-0.39, 0.29) is 18.1 Å². The first-order chi connectivity index (χ1) is 15.6. The molecular weight excluding hydrogens is 468 g/mol. The molecule has 0 saturated heterocycles. The van der Waals surface area contributed by atoms with E-state index >= 15 is 0 Å². The minimum atomic E-state index is -3.31. The van der Waals surface area contributed by atoms with E-state index in [0.717, 1.165) is 0 Å². The highest BCUT2D eigenvalue weighted by atomic mass is 35.5. The number of halogens is 1. The number of carbonyl (C=O) groups is 2. The number of hydrogen-bond acceptors (Lipinski definition) is 6. The van der Waals surface area contributed by atoms with Gasteiger partial charge in [-0.2, -0.15) is 10.6 Å². The van der Waals surface area contributed by atoms with Crippen LogP contribution in [0.2, 0.25) is 5.02 Å². The first-order valence-corrected chi connectivity index (χ1v) is 12.8. The fourth-order valence-electron chi connectivity index (χ4n) is 4.53. The summed E-state index contributed by atoms with van der Waals surface area (Å²) in [7, 11) is -1.71. The lowest BCUT2D eigenvalue weighted by Crippen LogP contribution is -2.48. The SMILES string of the molecule is Cn1nc(C(=O)NOc2ccc(Cl)cc2)c2c1C(=O)N(CC1(S(=O)(=O)C3(C)CC3)CC1)CC2. The fourth-order valence-corrected chi connectivity index (χ4v) is 7.30. The lowest BCUT2D eigenvalue weighted by atomic mass is 10.0. The van der Waals surface area contributed by atoms with E-state index in [1.807, 2.05) is 0 Å². The summed E-state index contributed by atoms with van der Waals surface area (Å²) < 4.78 is 26.2. The van der Waals surface area contributed by atoms with Crippen molar-refractivity contribution in [1.82, 2.24) is 20.2 Å². The quantitative estimate of drug-likeness (QED) is 0.594. The molecule has 0 spiro atoms. The van der Waals surface area contributed by atoms with Gasteiger partial charge in [-0.15, -0.1) is 0 Å². The molecule has 2 amide bonds. The average molecular weight is 493 g/mol. The minimum Gasteiger partial charge on any atom is -0.379 e. The van der Waals surface area contributed by atoms with E-state index in [2.05, 4.69) is 10.6 Å². The molecule has 3 aliphatic rings. The number of fused-ring (bicyclic) bond motifs is 1. The lowest BCUT2D eigenvalue weighted by molar-refractivity contribution is 0.0724. The largest absolute Gasteiger partial charge is 0.379 e. The molecule has 5 rings (SSSR count). The molecule has 1 aromatic carbocycles. The van der Waals surface area contributed by atoms with Crippen molar-refractivity contribution in [2.45, 2.75) is 48.5 Å². The molecule has 1 aromatic heterocycles. The lowest BCUT2D eigenvalue weighted by Gasteiger charge is -2.32. The van der Waals surface area contributed by atoms with Crippen LogP contribution in [0.15, 0.2) is 24.3 Å². The molecule has 33 heavy (non-hydrogen) atoms. The second-order valence-corrected chi connectivity index (χ2v) is 12.7. The Morgan fingerprint density at radius 3 is 2.48 bits per heavy atom. The second-order valence-electron chi connectivity index (χ2n) is 9.40. The van der Waals surface area contributed by atoms with Crippen molar-refractivity contribution in [2.24, 2.45) is 7.05 Å². The summed E-state index contributed by atoms with van der Waals surface area (Å²) in [4.78, 5) is 32.9. The molecule has 2 saturated carbocycles. The monoisotopic (exact) mass is 492 g/mol. The van der Waals surface area contributed by atoms with Gasteiger partial charge in [0.25, 0.3) is 5.91 Å². The Balaban J connectivity index is 1.32. The number of hydrogen-bond donors (Lipinski definition) is 1. The zero-order valence-corrected chi connectivity index (χ0v) is 20.0. The third kappa shape index (κ3) is 3.59. The van der Waals surface area contributed by atoms with Gasteiger partial charge in [0, 0.05) is 30.7 Å². The summed E-state index contributed by atoms with van der Waals surface area (Å²) in [6, 6.07) is 6.49. The van der Waals surface area contributed by atoms with Crippen molar-refractivity contribution in [3.8, 4) is 5.75 Å². The highest BCUT2D eigenvalue weighted by Crippen LogP contribution is 2.56. The molecule has 0 unspecified atom stereocenters. The zero-order valence-electron chi connectivity index (χ0n) is 18.4. The predicted molar refractivity (Wildman–Crippen MR) is 121 cm³/mol. The molecule has 2 aromatic rings. The van der Waals surface area contributed by atoms with Crippen molar-refractivity contribution in [3.05, 3.63) is 46.2 Å². The van der Waals surface area contributed by atoms with Gasteiger partial charge in [-0.25, -0.2) is 8.42 Å². The van der Waals surface area contributed by atoms with E-state index in [9.17, 15) is 18.0 Å². The van der Waals surface area contributed by atoms with Crippen LogP contribution in [0.5, 0.6) is 5.75 Å². The van der Waals surface area contributed by atoms with Crippen LogP contribution in [0.1, 0.15) is 59.1 Å². The Hall–Kier alpha value is -2.59. The Labute approximate surface area is 196 Å². The molecule has 176 valence electrons. The predicted octanol–water partition coefficient (Wildman–Crippen LogP) is 2.30. The van der Waals surface area contributed by atoms with E-state index in [4.69, 9.17) is 16.4 Å². The topological polar surface area (TPSA) is 111 Å². The van der Waals surface area contributed by atoms with Crippen molar-refractivity contribution < 1.29 is 22.8 Å². The van der Waals surface area contributed by atoms with Crippen LogP contribution in [-0.2, 0) is 23.3 Å². The Bertz CT molecular complexity index is 1250. The van der Waals surface area contributed by atoms with Crippen LogP contribution in [-0.4, -0.2) is 57.5 Å². The number of hydroxylamine groups is 1. The summed E-state index contributed by atoms with van der Waals surface area (Å²) in [5.74, 6) is -0.461. The Morgan fingerprint density at radius 1 is 1.21 bits per heavy atom. The minimum absolute atomic E-state index is 0.119. The van der Waals surface area contributed by atoms with Gasteiger partial charge in [-0.3, -0.25) is 14.3 Å². The highest BCUT2D eigenvalue weighted by molar-refractivity contribution is 7.94. The van der Waals surface area contributed by atoms with Crippen molar-refractivity contribution in [2.75, 3.05) is 13.1 Å². The van der Waals surface area contributed by atoms with E-state index in [1.54, 1.807) is 43.1 Å². The number of rotatable bonds is 7. The van der Waals surface area contributed by atoms with Gasteiger partial charge in [0.05, 0.1) is 9.49 Å². The average Bonchev–Trinajstić information content (AvgIpc) is 3.69. The number of carbonyl (C=O) groups excluding carboxylic acids is 2. The van der Waals surface area contributed by atoms with Gasteiger partial charge in [-0.1, -0.05) is 11.6 Å². The van der Waals surface area contributed by atoms with Crippen LogP contribution in [0.3, 0.4) is 0 Å². The maximum Gasteiger partial charge on any atom is 0.304 e. The first-order valence-electron chi connectivity index (χ1n) is 10.9. The number of benzene rings is 1. The van der Waals surface area contributed by atoms with Gasteiger partial charge < -0.3 is 9.74 Å². The standard InChI is InChI=1S/C22H25ClN4O5S/c1-21(8-9-21)33(30,31)22(10-11-22)13-27-12-7-16-17(24-26(2)18(16)20(27)29)19(28)25-32-15-5-3-14(23)4-6-15/h3-6H,7-13H2,1-2H3,(H,25,28). The molecule has 11 heteroatoms. The van der Waals surface area contributed by atoms with Crippen LogP contribution in [0.25, 0.3) is 0 Å². The molecule has 2 heterocycles. The number of nitrogens with zero attached hydrogens (tertiary/aromatic N) is 3. The van der Waals surface area contributed by atoms with E-state index in [0.29, 0.717) is 60.7 Å². The molecule has 2 fully saturated rings. The number of nitrogens with one attached hydrogen (secondary N) is 1. The summed E-state index contributed by atoms with van der Waals surface area (Å²) in [5.41, 5.74) is 3.32. The third-order valence-electron chi connectivity index (χ3n) is 7.02. The molecule has 1 N–H and O–H groups in total. The number of aromatic nitrogens is 2. The van der Waals surface area contributed by atoms with Gasteiger partial charge in [-0.05, 0) is 63.3 Å². The summed E-state index contributed by atoms with van der Waals surface area (Å²) >= 11 is 5.85. The normalized spacial score (nSPS) is 20.2. The molecule has 1 aliphatic heterocycles. The van der Waals surface area contributed by atoms with Gasteiger partial charge in [0.2, 0.25) is 0 Å². The summed E-state index contributed by atoms with van der Waals surface area (Å²) in [5, 5.41) is 4.80. The van der Waals surface area contributed by atoms with Crippen molar-refractivity contribution >= 4 is 33.3 Å². The number of sulfone groups is 1. The Kier molecular flexibility index (Phi) is 5.02. The first kappa shape index (κ1) is 22.2. The van der Waals surface area contributed by atoms with Crippen LogP contribution < -0.4 is 10.3 Å². The smallest absolute Gasteiger partial charge is 0.304 e. The van der Waals surface area contributed by atoms with Crippen molar-refractivity contribution in [3.63, 3.8) is 0 Å². The van der Waals surface area contributed by atoms with Gasteiger partial charge in [0.1, 0.15) is 5.69 Å². The maximum atomic E-state index is 13.3. The van der Waals surface area contributed by atoms with Crippen LogP contribution in [0, 0.1) is 0 Å².